The summed E-state index contributed by atoms with van der Waals surface area (Å²) in [6.07, 6.45) is -6.47. The van der Waals surface area contributed by atoms with Crippen molar-refractivity contribution in [1.29, 1.82) is 0 Å². The summed E-state index contributed by atoms with van der Waals surface area (Å²) in [6.45, 7) is 5.25. The van der Waals surface area contributed by atoms with Crippen LogP contribution in [-0.4, -0.2) is 151 Å². The summed E-state index contributed by atoms with van der Waals surface area (Å²) in [5.41, 5.74) is 1.52. The third-order valence-corrected chi connectivity index (χ3v) is 16.1. The number of carbonyl (C=O) groups is 3. The number of anilines is 1. The van der Waals surface area contributed by atoms with E-state index in [1.54, 1.807) is 60.3 Å². The second-order valence-electron chi connectivity index (χ2n) is 20.9. The minimum atomic E-state index is -1.64. The van der Waals surface area contributed by atoms with Crippen molar-refractivity contribution < 1.29 is 68.3 Å². The number of ether oxygens (including phenoxy) is 6. The first-order valence-corrected chi connectivity index (χ1v) is 27.8. The summed E-state index contributed by atoms with van der Waals surface area (Å²) in [4.78, 5) is 43.2. The first-order valence-electron chi connectivity index (χ1n) is 26.5. The van der Waals surface area contributed by atoms with Crippen LogP contribution in [0.3, 0.4) is 0 Å². The number of benzene rings is 3. The topological polar surface area (TPSA) is 263 Å². The summed E-state index contributed by atoms with van der Waals surface area (Å²) < 4.78 is 39.8. The molecule has 2 saturated heterocycles. The number of hydrogen-bond acceptors (Lipinski definition) is 19. The van der Waals surface area contributed by atoms with Gasteiger partial charge in [0, 0.05) is 50.8 Å². The zero-order valence-corrected chi connectivity index (χ0v) is 45.7. The van der Waals surface area contributed by atoms with E-state index in [0.29, 0.717) is 54.4 Å². The number of thiol groups is 3. The summed E-state index contributed by atoms with van der Waals surface area (Å²) >= 11 is 13.6. The lowest BCUT2D eigenvalue weighted by atomic mass is 9.77. The van der Waals surface area contributed by atoms with E-state index in [4.69, 9.17) is 28.4 Å². The average Bonchev–Trinajstić information content (AvgIpc) is 3.87. The van der Waals surface area contributed by atoms with Crippen molar-refractivity contribution in [1.82, 2.24) is 20.3 Å². The van der Waals surface area contributed by atoms with E-state index in [-0.39, 0.29) is 42.9 Å². The van der Waals surface area contributed by atoms with Crippen molar-refractivity contribution >= 4 is 72.1 Å². The monoisotopic (exact) mass is 1110 g/mol. The molecule has 3 aromatic carbocycles. The molecule has 15 atom stereocenters. The quantitative estimate of drug-likeness (QED) is 0.0315. The van der Waals surface area contributed by atoms with E-state index in [1.807, 2.05) is 26.0 Å². The Morgan fingerprint density at radius 2 is 1.62 bits per heavy atom. The third kappa shape index (κ3) is 14.5. The summed E-state index contributed by atoms with van der Waals surface area (Å²) in [7, 11) is 0. The van der Waals surface area contributed by atoms with E-state index >= 15 is 0 Å². The smallest absolute Gasteiger partial charge is 0.338 e. The van der Waals surface area contributed by atoms with Crippen molar-refractivity contribution in [2.45, 2.75) is 192 Å². The fraction of sp³-hybridized carbons (Fsp3) is 0.611. The van der Waals surface area contributed by atoms with Crippen LogP contribution in [0.5, 0.6) is 0 Å². The largest absolute Gasteiger partial charge is 0.450 e. The molecular weight excluding hydrogens is 1040 g/mol. The Labute approximate surface area is 459 Å². The lowest BCUT2D eigenvalue weighted by molar-refractivity contribution is -0.349. The number of aliphatic hydroxyl groups is 5. The van der Waals surface area contributed by atoms with Crippen LogP contribution in [0.25, 0.3) is 10.8 Å². The Balaban J connectivity index is 0.935. The van der Waals surface area contributed by atoms with Gasteiger partial charge < -0.3 is 64.6 Å². The molecule has 0 radical (unpaired) electrons. The maximum Gasteiger partial charge on any atom is 0.338 e. The zero-order valence-electron chi connectivity index (χ0n) is 43.0. The van der Waals surface area contributed by atoms with Gasteiger partial charge in [-0.2, -0.15) is 0 Å². The van der Waals surface area contributed by atoms with Crippen LogP contribution in [0.2, 0.25) is 0 Å². The van der Waals surface area contributed by atoms with Gasteiger partial charge in [-0.15, -0.1) is 43.0 Å². The predicted molar refractivity (Wildman–Crippen MR) is 287 cm³/mol. The second-order valence-corrected chi connectivity index (χ2v) is 22.4. The van der Waals surface area contributed by atoms with Gasteiger partial charge >= 0.3 is 5.97 Å². The van der Waals surface area contributed by atoms with Crippen molar-refractivity contribution in [2.75, 3.05) is 18.5 Å². The van der Waals surface area contributed by atoms with Gasteiger partial charge in [-0.3, -0.25) is 14.3 Å². The number of hydrogen-bond donors (Lipinski definition) is 10. The van der Waals surface area contributed by atoms with E-state index in [9.17, 15) is 39.9 Å². The van der Waals surface area contributed by atoms with E-state index in [0.717, 1.165) is 46.2 Å². The van der Waals surface area contributed by atoms with Gasteiger partial charge in [0.2, 0.25) is 11.8 Å². The number of fused-ring (bicyclic) bond motifs is 1. The molecule has 19 nitrogen and oxygen atoms in total. The molecule has 14 unspecified atom stereocenters. The summed E-state index contributed by atoms with van der Waals surface area (Å²) in [5.74, 6) is -1.89. The highest BCUT2D eigenvalue weighted by molar-refractivity contribution is 7.81. The molecule has 2 aliphatic carbocycles. The molecular formula is C54H73N5O14S3. The molecule has 2 aliphatic heterocycles. The first kappa shape index (κ1) is 58.3. The number of carbonyl (C=O) groups excluding carboxylic acids is 3. The number of nitrogens with zero attached hydrogens (tertiary/aromatic N) is 3. The molecule has 22 heteroatoms. The standard InChI is InChI=1S/C54H73N5O14S3/c1-28-21-33(51(66)55-19-10-15-34-26-59(58-57-34)20-18-42(61)56-37-16-17-40(75)36-24-35(74)25-41(76)43(36)37)23-38(48(28)73-53-47(65)46(64)44(62)30(3)69-53)70-54-50(72-52(67)32-13-8-5-9-14-32)49(45(63)39(27-60)71-54)68-29(2)22-31-11-6-4-7-12-31/h5,8-9,13-14,16-17,24-26,28-31,33,38-39,44-50,53-54,60,62-65,74-76H,4,6-7,10-12,15,18-23,27H2,1-3H3,(H,55,66)(H,56,61)/t28?,29-,30?,33?,38?,39?,44?,45?,46?,47?,48?,49?,50?,53?,54?/m1/s1. The fourth-order valence-electron chi connectivity index (χ4n) is 11.0. The molecule has 2 saturated carbocycles. The Kier molecular flexibility index (Phi) is 20.6. The van der Waals surface area contributed by atoms with Crippen LogP contribution in [0.15, 0.2) is 75.5 Å². The molecule has 76 heavy (non-hydrogen) atoms. The van der Waals surface area contributed by atoms with Gasteiger partial charge in [0.05, 0.1) is 48.8 Å². The van der Waals surface area contributed by atoms with Crippen molar-refractivity contribution in [3.63, 3.8) is 0 Å². The number of rotatable bonds is 20. The second kappa shape index (κ2) is 26.9. The minimum Gasteiger partial charge on any atom is -0.450 e. The van der Waals surface area contributed by atoms with Gasteiger partial charge in [0.1, 0.15) is 36.6 Å². The molecule has 4 aliphatic rings. The van der Waals surface area contributed by atoms with Gasteiger partial charge in [0.15, 0.2) is 18.7 Å². The molecule has 2 amide bonds. The molecule has 416 valence electrons. The Morgan fingerprint density at radius 3 is 2.37 bits per heavy atom. The highest BCUT2D eigenvalue weighted by Gasteiger charge is 2.53. The number of amides is 2. The van der Waals surface area contributed by atoms with Crippen LogP contribution in [0.1, 0.15) is 101 Å². The SMILES string of the molecule is CC1CC(C(=O)NCCCc2cn(CCC(=O)Nc3ccc(S)c4cc(S)cc(S)c34)nn2)CC(OC2OC(CO)C(O)C(O[C@H](C)CC3CCCCC3)C2OC(=O)c2ccccc2)C1OC1OC(C)C(O)C(O)C1O. The first-order chi connectivity index (χ1) is 36.5. The van der Waals surface area contributed by atoms with Gasteiger partial charge in [-0.25, -0.2) is 4.79 Å². The summed E-state index contributed by atoms with van der Waals surface area (Å²) in [5, 5.41) is 70.7. The number of aliphatic hydroxyl groups excluding tert-OH is 5. The molecule has 3 heterocycles. The van der Waals surface area contributed by atoms with Crippen molar-refractivity contribution in [3.05, 3.63) is 72.1 Å². The molecule has 1 aromatic heterocycles. The average molecular weight is 1110 g/mol. The highest BCUT2D eigenvalue weighted by Crippen LogP contribution is 2.40. The normalized spacial score (nSPS) is 30.7. The van der Waals surface area contributed by atoms with E-state index in [1.165, 1.54) is 6.42 Å². The van der Waals surface area contributed by atoms with E-state index < -0.39 is 98.0 Å². The number of aromatic nitrogens is 3. The third-order valence-electron chi connectivity index (χ3n) is 15.1. The van der Waals surface area contributed by atoms with Crippen LogP contribution in [-0.2, 0) is 51.0 Å². The molecule has 7 N–H and O–H groups in total. The molecule has 0 bridgehead atoms. The molecule has 0 spiro atoms. The lowest BCUT2D eigenvalue weighted by Crippen LogP contribution is -2.64. The lowest BCUT2D eigenvalue weighted by Gasteiger charge is -2.48. The maximum absolute atomic E-state index is 14.1. The van der Waals surface area contributed by atoms with Gasteiger partial charge in [-0.1, -0.05) is 62.4 Å². The van der Waals surface area contributed by atoms with Crippen molar-refractivity contribution in [2.24, 2.45) is 17.8 Å². The van der Waals surface area contributed by atoms with Crippen LogP contribution < -0.4 is 10.6 Å². The Bertz CT molecular complexity index is 2580. The number of aryl methyl sites for hydroxylation is 2. The fourth-order valence-corrected chi connectivity index (χ4v) is 12.0. The van der Waals surface area contributed by atoms with Crippen LogP contribution in [0, 0.1) is 17.8 Å². The number of esters is 1. The predicted octanol–water partition coefficient (Wildman–Crippen LogP) is 5.07. The highest BCUT2D eigenvalue weighted by atomic mass is 32.1. The molecule has 4 aromatic rings. The zero-order chi connectivity index (χ0) is 54.2. The van der Waals surface area contributed by atoms with Crippen molar-refractivity contribution in [3.8, 4) is 0 Å². The Hall–Kier alpha value is -3.88. The maximum atomic E-state index is 14.1. The Morgan fingerprint density at radius 1 is 0.855 bits per heavy atom. The van der Waals surface area contributed by atoms with E-state index in [2.05, 4.69) is 58.8 Å². The molecule has 4 fully saturated rings. The van der Waals surface area contributed by atoms with Crippen LogP contribution >= 0.6 is 37.9 Å². The minimum absolute atomic E-state index is 0.0462. The van der Waals surface area contributed by atoms with Gasteiger partial charge in [0.25, 0.3) is 0 Å². The number of nitrogens with one attached hydrogen (secondary N) is 2. The van der Waals surface area contributed by atoms with Crippen LogP contribution in [0.4, 0.5) is 5.69 Å². The molecule has 8 rings (SSSR count). The summed E-state index contributed by atoms with van der Waals surface area (Å²) in [6, 6.07) is 15.6. The van der Waals surface area contributed by atoms with Gasteiger partial charge in [-0.05, 0) is 99.6 Å².